The van der Waals surface area contributed by atoms with Crippen LogP contribution in [0.5, 0.6) is 5.75 Å². The molecule has 3 aromatic carbocycles. The fourth-order valence-corrected chi connectivity index (χ4v) is 4.09. The summed E-state index contributed by atoms with van der Waals surface area (Å²) in [6.07, 6.45) is 3.42. The van der Waals surface area contributed by atoms with Gasteiger partial charge in [0.15, 0.2) is 5.82 Å². The summed E-state index contributed by atoms with van der Waals surface area (Å²) in [4.78, 5) is 47.9. The van der Waals surface area contributed by atoms with E-state index in [1.807, 2.05) is 12.1 Å². The lowest BCUT2D eigenvalue weighted by Crippen LogP contribution is -2.41. The van der Waals surface area contributed by atoms with Crippen LogP contribution in [0.3, 0.4) is 0 Å². The highest BCUT2D eigenvalue weighted by Crippen LogP contribution is 2.30. The zero-order chi connectivity index (χ0) is 23.7. The predicted octanol–water partition coefficient (Wildman–Crippen LogP) is 4.02. The number of hydrogen-bond acceptors (Lipinski definition) is 6. The van der Waals surface area contributed by atoms with Gasteiger partial charge in [-0.05, 0) is 36.1 Å². The average Bonchev–Trinajstić information content (AvgIpc) is 2.85. The summed E-state index contributed by atoms with van der Waals surface area (Å²) in [5, 5.41) is 13.8. The monoisotopic (exact) mass is 452 g/mol. The molecule has 1 aromatic heterocycles. The van der Waals surface area contributed by atoms with Crippen LogP contribution < -0.4 is 5.32 Å². The zero-order valence-corrected chi connectivity index (χ0v) is 18.1. The summed E-state index contributed by atoms with van der Waals surface area (Å²) in [5.74, 6) is -0.417. The molecule has 1 aliphatic heterocycles. The lowest BCUT2D eigenvalue weighted by molar-refractivity contribution is -0.116. The van der Waals surface area contributed by atoms with E-state index in [1.165, 1.54) is 17.3 Å². The largest absolute Gasteiger partial charge is 0.508 e. The number of phenols is 1. The molecule has 8 heteroatoms. The average molecular weight is 452 g/mol. The number of nitrogens with one attached hydrogen (secondary N) is 1. The van der Waals surface area contributed by atoms with Crippen LogP contribution in [-0.4, -0.2) is 44.2 Å². The third kappa shape index (κ3) is 3.97. The number of carbonyl (C=O) groups is 3. The third-order valence-electron chi connectivity index (χ3n) is 5.68. The molecule has 2 N–H and O–H groups in total. The van der Waals surface area contributed by atoms with E-state index < -0.39 is 0 Å². The van der Waals surface area contributed by atoms with Crippen LogP contribution in [0.25, 0.3) is 22.2 Å². The second-order valence-corrected chi connectivity index (χ2v) is 7.97. The summed E-state index contributed by atoms with van der Waals surface area (Å²) in [7, 11) is 0. The maximum absolute atomic E-state index is 12.9. The van der Waals surface area contributed by atoms with E-state index in [1.54, 1.807) is 48.5 Å². The van der Waals surface area contributed by atoms with E-state index in [9.17, 15) is 19.5 Å². The molecule has 0 saturated carbocycles. The van der Waals surface area contributed by atoms with E-state index in [-0.39, 0.29) is 36.4 Å². The first-order valence-corrected chi connectivity index (χ1v) is 10.8. The molecule has 0 aliphatic carbocycles. The minimum Gasteiger partial charge on any atom is -0.508 e. The van der Waals surface area contributed by atoms with Gasteiger partial charge in [0, 0.05) is 35.0 Å². The standard InChI is InChI=1S/C26H20N4O4/c31-19-8-1-7-17(13-19)24-27-14-18(15-28-24)29-22(32)11-4-12-30-25(33)20-9-2-5-16-6-3-10-21(23(16)20)26(30)34/h1-3,5-10,13-15,31H,4,11-12H2,(H,29,32). The molecule has 0 bridgehead atoms. The van der Waals surface area contributed by atoms with E-state index in [2.05, 4.69) is 15.3 Å². The molecule has 0 spiro atoms. The van der Waals surface area contributed by atoms with Gasteiger partial charge in [0.1, 0.15) is 5.75 Å². The third-order valence-corrected chi connectivity index (χ3v) is 5.68. The quantitative estimate of drug-likeness (QED) is 0.428. The SMILES string of the molecule is O=C(CCCN1C(=O)c2cccc3cccc(c23)C1=O)Nc1cnc(-c2cccc(O)c2)nc1. The number of benzene rings is 3. The molecule has 2 heterocycles. The number of anilines is 1. The summed E-state index contributed by atoms with van der Waals surface area (Å²) in [6.45, 7) is 0.142. The van der Waals surface area contributed by atoms with Crippen molar-refractivity contribution in [2.45, 2.75) is 12.8 Å². The Morgan fingerprint density at radius 3 is 2.21 bits per heavy atom. The smallest absolute Gasteiger partial charge is 0.261 e. The molecule has 0 fully saturated rings. The molecule has 8 nitrogen and oxygen atoms in total. The molecule has 3 amide bonds. The van der Waals surface area contributed by atoms with Crippen LogP contribution in [0.15, 0.2) is 73.1 Å². The number of amides is 3. The van der Waals surface area contributed by atoms with Gasteiger partial charge in [-0.1, -0.05) is 36.4 Å². The van der Waals surface area contributed by atoms with Crippen molar-refractivity contribution in [1.82, 2.24) is 14.9 Å². The van der Waals surface area contributed by atoms with Crippen LogP contribution in [0.4, 0.5) is 5.69 Å². The number of rotatable bonds is 6. The van der Waals surface area contributed by atoms with Crippen LogP contribution in [-0.2, 0) is 4.79 Å². The Morgan fingerprint density at radius 1 is 0.912 bits per heavy atom. The molecule has 4 aromatic rings. The van der Waals surface area contributed by atoms with E-state index in [0.29, 0.717) is 40.0 Å². The topological polar surface area (TPSA) is 112 Å². The Kier molecular flexibility index (Phi) is 5.47. The molecule has 5 rings (SSSR count). The van der Waals surface area contributed by atoms with Gasteiger partial charge in [0.05, 0.1) is 18.1 Å². The van der Waals surface area contributed by atoms with Gasteiger partial charge in [-0.2, -0.15) is 0 Å². The predicted molar refractivity (Wildman–Crippen MR) is 126 cm³/mol. The van der Waals surface area contributed by atoms with Crippen LogP contribution in [0.2, 0.25) is 0 Å². The number of imide groups is 1. The lowest BCUT2D eigenvalue weighted by Gasteiger charge is -2.27. The van der Waals surface area contributed by atoms with Gasteiger partial charge < -0.3 is 10.4 Å². The fourth-order valence-electron chi connectivity index (χ4n) is 4.09. The number of carbonyl (C=O) groups excluding carboxylic acids is 3. The number of aromatic hydroxyl groups is 1. The number of aromatic nitrogens is 2. The highest BCUT2D eigenvalue weighted by Gasteiger charge is 2.32. The van der Waals surface area contributed by atoms with Gasteiger partial charge in [-0.15, -0.1) is 0 Å². The van der Waals surface area contributed by atoms with Gasteiger partial charge >= 0.3 is 0 Å². The van der Waals surface area contributed by atoms with Crippen LogP contribution >= 0.6 is 0 Å². The first-order valence-electron chi connectivity index (χ1n) is 10.8. The highest BCUT2D eigenvalue weighted by atomic mass is 16.3. The maximum atomic E-state index is 12.9. The lowest BCUT2D eigenvalue weighted by atomic mass is 9.94. The zero-order valence-electron chi connectivity index (χ0n) is 18.1. The van der Waals surface area contributed by atoms with Crippen molar-refractivity contribution in [3.05, 3.63) is 84.2 Å². The van der Waals surface area contributed by atoms with E-state index in [0.717, 1.165) is 5.39 Å². The second-order valence-electron chi connectivity index (χ2n) is 7.97. The summed E-state index contributed by atoms with van der Waals surface area (Å²) >= 11 is 0. The molecule has 0 saturated heterocycles. The second kappa shape index (κ2) is 8.74. The Morgan fingerprint density at radius 2 is 1.56 bits per heavy atom. The van der Waals surface area contributed by atoms with Gasteiger partial charge in [-0.3, -0.25) is 19.3 Å². The summed E-state index contributed by atoms with van der Waals surface area (Å²) in [5.41, 5.74) is 2.09. The van der Waals surface area contributed by atoms with Crippen molar-refractivity contribution in [2.75, 3.05) is 11.9 Å². The van der Waals surface area contributed by atoms with E-state index in [4.69, 9.17) is 0 Å². The minimum absolute atomic E-state index is 0.115. The summed E-state index contributed by atoms with van der Waals surface area (Å²) < 4.78 is 0. The molecular formula is C26H20N4O4. The van der Waals surface area contributed by atoms with Crippen molar-refractivity contribution in [3.63, 3.8) is 0 Å². The molecule has 1 aliphatic rings. The van der Waals surface area contributed by atoms with Gasteiger partial charge in [-0.25, -0.2) is 9.97 Å². The highest BCUT2D eigenvalue weighted by molar-refractivity contribution is 6.25. The maximum Gasteiger partial charge on any atom is 0.261 e. The number of hydrogen-bond donors (Lipinski definition) is 2. The van der Waals surface area contributed by atoms with Crippen molar-refractivity contribution in [3.8, 4) is 17.1 Å². The number of phenolic OH excluding ortho intramolecular Hbond substituents is 1. The molecule has 0 atom stereocenters. The Balaban J connectivity index is 1.20. The Hall–Kier alpha value is -4.59. The van der Waals surface area contributed by atoms with Crippen molar-refractivity contribution >= 4 is 34.2 Å². The van der Waals surface area contributed by atoms with Crippen molar-refractivity contribution in [2.24, 2.45) is 0 Å². The fraction of sp³-hybridized carbons (Fsp3) is 0.115. The first-order chi connectivity index (χ1) is 16.5. The molecule has 0 unspecified atom stereocenters. The van der Waals surface area contributed by atoms with E-state index >= 15 is 0 Å². The van der Waals surface area contributed by atoms with Crippen LogP contribution in [0.1, 0.15) is 33.6 Å². The molecule has 0 radical (unpaired) electrons. The van der Waals surface area contributed by atoms with Crippen LogP contribution in [0, 0.1) is 0 Å². The normalized spacial score (nSPS) is 12.8. The Labute approximate surface area is 194 Å². The van der Waals surface area contributed by atoms with Crippen molar-refractivity contribution < 1.29 is 19.5 Å². The summed E-state index contributed by atoms with van der Waals surface area (Å²) in [6, 6.07) is 17.4. The Bertz CT molecular complexity index is 1380. The minimum atomic E-state index is -0.342. The molecule has 34 heavy (non-hydrogen) atoms. The van der Waals surface area contributed by atoms with Gasteiger partial charge in [0.25, 0.3) is 11.8 Å². The molecular weight excluding hydrogens is 432 g/mol. The molecule has 168 valence electrons. The van der Waals surface area contributed by atoms with Gasteiger partial charge in [0.2, 0.25) is 5.91 Å². The van der Waals surface area contributed by atoms with Crippen molar-refractivity contribution in [1.29, 1.82) is 0 Å². The first kappa shape index (κ1) is 21.3. The number of nitrogens with zero attached hydrogens (tertiary/aromatic N) is 3.